The van der Waals surface area contributed by atoms with Gasteiger partial charge in [-0.05, 0) is 50.5 Å². The first-order chi connectivity index (χ1) is 12.4. The number of hydrogen-bond donors (Lipinski definition) is 0. The number of pyridine rings is 1. The van der Waals surface area contributed by atoms with E-state index in [1.807, 2.05) is 39.0 Å². The van der Waals surface area contributed by atoms with Crippen LogP contribution in [0.15, 0.2) is 29.4 Å². The van der Waals surface area contributed by atoms with Crippen molar-refractivity contribution < 1.29 is 14.3 Å². The summed E-state index contributed by atoms with van der Waals surface area (Å²) in [6.45, 7) is 7.93. The van der Waals surface area contributed by atoms with Crippen LogP contribution in [0.5, 0.6) is 5.88 Å². The molecule has 1 aromatic heterocycles. The Morgan fingerprint density at radius 2 is 2.00 bits per heavy atom. The Balaban J connectivity index is 2.34. The van der Waals surface area contributed by atoms with Crippen molar-refractivity contribution in [2.45, 2.75) is 40.2 Å². The largest absolute Gasteiger partial charge is 0.478 e. The number of benzene rings is 1. The van der Waals surface area contributed by atoms with E-state index in [2.05, 4.69) is 10.2 Å². The first kappa shape index (κ1) is 19.6. The highest BCUT2D eigenvalue weighted by molar-refractivity contribution is 5.93. The molecule has 0 radical (unpaired) electrons. The number of nitrogens with zero attached hydrogens (tertiary/aromatic N) is 2. The average Bonchev–Trinajstić information content (AvgIpc) is 2.61. The number of ether oxygens (including phenoxy) is 2. The van der Waals surface area contributed by atoms with Crippen LogP contribution in [0.1, 0.15) is 40.5 Å². The van der Waals surface area contributed by atoms with Gasteiger partial charge in [0.05, 0.1) is 25.3 Å². The molecule has 6 nitrogen and oxygen atoms in total. The van der Waals surface area contributed by atoms with Crippen molar-refractivity contribution in [1.82, 2.24) is 4.98 Å². The van der Waals surface area contributed by atoms with Gasteiger partial charge in [0.2, 0.25) is 5.88 Å². The van der Waals surface area contributed by atoms with E-state index in [0.29, 0.717) is 24.5 Å². The van der Waals surface area contributed by atoms with E-state index in [-0.39, 0.29) is 12.0 Å². The van der Waals surface area contributed by atoms with Crippen LogP contribution in [0.3, 0.4) is 0 Å². The molecule has 0 N–H and O–H groups in total. The highest BCUT2D eigenvalue weighted by Gasteiger charge is 2.17. The Hall–Kier alpha value is -2.76. The van der Waals surface area contributed by atoms with Gasteiger partial charge in [-0.3, -0.25) is 0 Å². The molecule has 2 rings (SSSR count). The van der Waals surface area contributed by atoms with Gasteiger partial charge in [-0.2, -0.15) is 4.91 Å². The van der Waals surface area contributed by atoms with E-state index in [4.69, 9.17) is 9.47 Å². The smallest absolute Gasteiger partial charge is 0.338 e. The molecule has 0 spiro atoms. The van der Waals surface area contributed by atoms with Crippen LogP contribution in [0.25, 0.3) is 11.1 Å². The molecule has 0 aliphatic rings. The summed E-state index contributed by atoms with van der Waals surface area (Å²) in [6, 6.07) is 7.15. The zero-order valence-corrected chi connectivity index (χ0v) is 15.8. The first-order valence-electron chi connectivity index (χ1n) is 8.50. The van der Waals surface area contributed by atoms with Gasteiger partial charge in [0, 0.05) is 23.7 Å². The molecule has 2 aromatic rings. The Morgan fingerprint density at radius 1 is 1.27 bits per heavy atom. The van der Waals surface area contributed by atoms with Crippen LogP contribution in [0, 0.1) is 25.7 Å². The van der Waals surface area contributed by atoms with Crippen molar-refractivity contribution in [1.29, 1.82) is 0 Å². The van der Waals surface area contributed by atoms with E-state index in [1.54, 1.807) is 13.0 Å². The summed E-state index contributed by atoms with van der Waals surface area (Å²) < 4.78 is 10.5. The summed E-state index contributed by atoms with van der Waals surface area (Å²) in [5, 5.41) is 2.96. The molecule has 1 aromatic carbocycles. The molecule has 0 saturated heterocycles. The molecule has 1 heterocycles. The van der Waals surface area contributed by atoms with Gasteiger partial charge in [0.25, 0.3) is 0 Å². The summed E-state index contributed by atoms with van der Waals surface area (Å²) in [7, 11) is 1.37. The standard InChI is InChI=1S/C20H24N2O4/c1-12-11-18(26-10-9-13(2)22-24)21-15(4)19(12)16-7-6-8-17(14(16)3)20(23)25-5/h6-8,11,13H,9-10H2,1-5H3/t13-/m0/s1. The molecule has 6 heteroatoms. The molecular formula is C20H24N2O4. The minimum absolute atomic E-state index is 0.278. The Bertz CT molecular complexity index is 794. The Labute approximate surface area is 153 Å². The number of hydrogen-bond acceptors (Lipinski definition) is 6. The molecule has 0 unspecified atom stereocenters. The van der Waals surface area contributed by atoms with Gasteiger partial charge in [0.15, 0.2) is 0 Å². The van der Waals surface area contributed by atoms with Crippen LogP contribution in [-0.4, -0.2) is 30.7 Å². The van der Waals surface area contributed by atoms with Crippen molar-refractivity contribution in [3.63, 3.8) is 0 Å². The van der Waals surface area contributed by atoms with E-state index < -0.39 is 0 Å². The lowest BCUT2D eigenvalue weighted by Crippen LogP contribution is -2.08. The summed E-state index contributed by atoms with van der Waals surface area (Å²) in [5.74, 6) is 0.161. The van der Waals surface area contributed by atoms with Crippen molar-refractivity contribution in [3.8, 4) is 17.0 Å². The number of aromatic nitrogens is 1. The Morgan fingerprint density at radius 3 is 2.62 bits per heavy atom. The third-order valence-corrected chi connectivity index (χ3v) is 4.35. The second kappa shape index (κ2) is 8.56. The first-order valence-corrected chi connectivity index (χ1v) is 8.50. The van der Waals surface area contributed by atoms with Crippen LogP contribution in [0.2, 0.25) is 0 Å². The van der Waals surface area contributed by atoms with Crippen molar-refractivity contribution in [3.05, 3.63) is 51.6 Å². The van der Waals surface area contributed by atoms with Crippen molar-refractivity contribution in [2.75, 3.05) is 13.7 Å². The van der Waals surface area contributed by atoms with E-state index in [1.165, 1.54) is 7.11 Å². The van der Waals surface area contributed by atoms with E-state index in [0.717, 1.165) is 27.9 Å². The van der Waals surface area contributed by atoms with Gasteiger partial charge in [-0.1, -0.05) is 17.3 Å². The average molecular weight is 356 g/mol. The van der Waals surface area contributed by atoms with Crippen molar-refractivity contribution in [2.24, 2.45) is 5.18 Å². The predicted octanol–water partition coefficient (Wildman–Crippen LogP) is 4.38. The highest BCUT2D eigenvalue weighted by atomic mass is 16.5. The van der Waals surface area contributed by atoms with Crippen LogP contribution in [-0.2, 0) is 4.74 Å². The zero-order chi connectivity index (χ0) is 19.3. The number of esters is 1. The molecule has 0 bridgehead atoms. The fourth-order valence-corrected chi connectivity index (χ4v) is 2.90. The number of nitroso groups, excluding NO2 is 1. The lowest BCUT2D eigenvalue weighted by atomic mass is 9.93. The summed E-state index contributed by atoms with van der Waals surface area (Å²) in [4.78, 5) is 26.9. The van der Waals surface area contributed by atoms with Crippen LogP contribution < -0.4 is 4.74 Å². The molecule has 0 saturated carbocycles. The molecule has 1 atom stereocenters. The maximum Gasteiger partial charge on any atom is 0.338 e. The van der Waals surface area contributed by atoms with Crippen LogP contribution in [0.4, 0.5) is 0 Å². The van der Waals surface area contributed by atoms with Gasteiger partial charge in [-0.25, -0.2) is 9.78 Å². The Kier molecular flexibility index (Phi) is 6.44. The number of carbonyl (C=O) groups is 1. The van der Waals surface area contributed by atoms with Crippen LogP contribution >= 0.6 is 0 Å². The van der Waals surface area contributed by atoms with Crippen molar-refractivity contribution >= 4 is 5.97 Å². The van der Waals surface area contributed by atoms with Gasteiger partial charge in [-0.15, -0.1) is 0 Å². The molecule has 0 fully saturated rings. The third kappa shape index (κ3) is 4.25. The molecular weight excluding hydrogens is 332 g/mol. The van der Waals surface area contributed by atoms with Gasteiger partial charge in [0.1, 0.15) is 0 Å². The SMILES string of the molecule is COC(=O)c1cccc(-c2c(C)cc(OCC[C@H](C)N=O)nc2C)c1C. The normalized spacial score (nSPS) is 11.7. The molecule has 0 amide bonds. The maximum absolute atomic E-state index is 12.0. The third-order valence-electron chi connectivity index (χ3n) is 4.35. The molecule has 0 aliphatic carbocycles. The molecule has 26 heavy (non-hydrogen) atoms. The fourth-order valence-electron chi connectivity index (χ4n) is 2.90. The predicted molar refractivity (Wildman–Crippen MR) is 101 cm³/mol. The highest BCUT2D eigenvalue weighted by Crippen LogP contribution is 2.32. The fraction of sp³-hybridized carbons (Fsp3) is 0.400. The molecule has 138 valence electrons. The second-order valence-corrected chi connectivity index (χ2v) is 6.30. The minimum atomic E-state index is -0.356. The number of rotatable bonds is 7. The summed E-state index contributed by atoms with van der Waals surface area (Å²) in [6.07, 6.45) is 0.547. The van der Waals surface area contributed by atoms with Gasteiger partial charge < -0.3 is 9.47 Å². The summed E-state index contributed by atoms with van der Waals surface area (Å²) >= 11 is 0. The quantitative estimate of drug-likeness (QED) is 0.543. The lowest BCUT2D eigenvalue weighted by Gasteiger charge is -2.16. The minimum Gasteiger partial charge on any atom is -0.478 e. The lowest BCUT2D eigenvalue weighted by molar-refractivity contribution is 0.0600. The molecule has 0 aliphatic heterocycles. The summed E-state index contributed by atoms with van der Waals surface area (Å²) in [5.41, 5.74) is 5.13. The number of methoxy groups -OCH3 is 1. The van der Waals surface area contributed by atoms with E-state index >= 15 is 0 Å². The topological polar surface area (TPSA) is 77.9 Å². The number of aryl methyl sites for hydroxylation is 2. The van der Waals surface area contributed by atoms with Gasteiger partial charge >= 0.3 is 5.97 Å². The number of carbonyl (C=O) groups excluding carboxylic acids is 1. The second-order valence-electron chi connectivity index (χ2n) is 6.30. The van der Waals surface area contributed by atoms with E-state index in [9.17, 15) is 9.70 Å². The zero-order valence-electron chi connectivity index (χ0n) is 15.8. The monoisotopic (exact) mass is 356 g/mol. The maximum atomic E-state index is 12.0.